The maximum atomic E-state index is 13.6. The zero-order chi connectivity index (χ0) is 25.4. The lowest BCUT2D eigenvalue weighted by Gasteiger charge is -2.27. The summed E-state index contributed by atoms with van der Waals surface area (Å²) >= 11 is 7.13. The highest BCUT2D eigenvalue weighted by Gasteiger charge is 2.31. The number of halogens is 2. The number of rotatable bonds is 8. The highest BCUT2D eigenvalue weighted by molar-refractivity contribution is 9.10. The second kappa shape index (κ2) is 10.6. The average Bonchev–Trinajstić information content (AvgIpc) is 3.45. The van der Waals surface area contributed by atoms with E-state index in [1.165, 1.54) is 4.31 Å². The smallest absolute Gasteiger partial charge is 0.243 e. The van der Waals surface area contributed by atoms with E-state index in [1.807, 2.05) is 31.2 Å². The van der Waals surface area contributed by atoms with Crippen LogP contribution in [0.4, 0.5) is 0 Å². The summed E-state index contributed by atoms with van der Waals surface area (Å²) in [6.45, 7) is 3.02. The van der Waals surface area contributed by atoms with Gasteiger partial charge in [0.2, 0.25) is 10.0 Å². The van der Waals surface area contributed by atoms with Gasteiger partial charge in [0, 0.05) is 50.4 Å². The van der Waals surface area contributed by atoms with Gasteiger partial charge in [-0.15, -0.1) is 0 Å². The van der Waals surface area contributed by atoms with Crippen LogP contribution < -0.4 is 0 Å². The molecule has 0 saturated carbocycles. The van der Waals surface area contributed by atoms with Crippen molar-refractivity contribution in [2.24, 2.45) is 0 Å². The Balaban J connectivity index is 1.47. The van der Waals surface area contributed by atoms with Gasteiger partial charge in [-0.1, -0.05) is 49.6 Å². The lowest BCUT2D eigenvalue weighted by atomic mass is 10.2. The Hall–Kier alpha value is -1.75. The van der Waals surface area contributed by atoms with E-state index in [0.29, 0.717) is 6.61 Å². The Morgan fingerprint density at radius 3 is 2.19 bits per heavy atom. The van der Waals surface area contributed by atoms with Crippen LogP contribution in [0.5, 0.6) is 0 Å². The van der Waals surface area contributed by atoms with Gasteiger partial charge in [0.05, 0.1) is 23.6 Å². The van der Waals surface area contributed by atoms with Crippen LogP contribution in [0.15, 0.2) is 74.5 Å². The van der Waals surface area contributed by atoms with Crippen molar-refractivity contribution in [1.82, 2.24) is 8.87 Å². The van der Waals surface area contributed by atoms with Crippen LogP contribution >= 0.6 is 31.9 Å². The monoisotopic (exact) mass is 634 g/mol. The first-order valence-electron chi connectivity index (χ1n) is 12.0. The van der Waals surface area contributed by atoms with Crippen LogP contribution in [0.1, 0.15) is 18.4 Å². The SMILES string of the molecule is Cc1ccc(S(=O)(=O)N(C[C@H](O)Cn2c3ccc(Br)cc3c3cc(Br)ccc32)C[C@H]2CCCO2)cc1. The van der Waals surface area contributed by atoms with Gasteiger partial charge in [-0.25, -0.2) is 8.42 Å². The number of benzene rings is 3. The molecule has 2 heterocycles. The molecule has 1 N–H and O–H groups in total. The summed E-state index contributed by atoms with van der Waals surface area (Å²) in [6, 6.07) is 19.0. The largest absolute Gasteiger partial charge is 0.390 e. The Bertz CT molecular complexity index is 1440. The zero-order valence-electron chi connectivity index (χ0n) is 19.9. The molecule has 1 fully saturated rings. The molecule has 0 radical (unpaired) electrons. The number of ether oxygens (including phenoxy) is 1. The number of nitrogens with zero attached hydrogens (tertiary/aromatic N) is 2. The van der Waals surface area contributed by atoms with Crippen LogP contribution in [0.2, 0.25) is 0 Å². The lowest BCUT2D eigenvalue weighted by Crippen LogP contribution is -2.43. The molecular formula is C27H28Br2N2O4S. The van der Waals surface area contributed by atoms with Gasteiger partial charge in [-0.2, -0.15) is 4.31 Å². The minimum Gasteiger partial charge on any atom is -0.390 e. The van der Waals surface area contributed by atoms with Crippen molar-refractivity contribution < 1.29 is 18.3 Å². The fourth-order valence-electron chi connectivity index (χ4n) is 4.89. The molecule has 1 saturated heterocycles. The number of hydrogen-bond acceptors (Lipinski definition) is 4. The van der Waals surface area contributed by atoms with E-state index in [2.05, 4.69) is 48.6 Å². The zero-order valence-corrected chi connectivity index (χ0v) is 23.9. The summed E-state index contributed by atoms with van der Waals surface area (Å²) < 4.78 is 38.4. The summed E-state index contributed by atoms with van der Waals surface area (Å²) in [5.41, 5.74) is 2.96. The molecular weight excluding hydrogens is 608 g/mol. The number of aryl methyl sites for hydroxylation is 1. The normalized spacial score (nSPS) is 17.4. The Labute approximate surface area is 228 Å². The summed E-state index contributed by atoms with van der Waals surface area (Å²) in [7, 11) is -3.80. The van der Waals surface area contributed by atoms with Gasteiger partial charge in [0.1, 0.15) is 0 Å². The summed E-state index contributed by atoms with van der Waals surface area (Å²) in [6.07, 6.45) is 0.642. The third kappa shape index (κ3) is 5.28. The molecule has 1 aliphatic rings. The standard InChI is InChI=1S/C27H28Br2N2O4S/c1-18-4-8-23(9-5-18)36(33,34)30(17-22-3-2-12-35-22)15-21(32)16-31-26-10-6-19(28)13-24(26)25-14-20(29)7-11-27(25)31/h4-11,13-14,21-22,32H,2-3,12,15-17H2,1H3/t21-,22+/m0/s1. The molecule has 3 aromatic carbocycles. The van der Waals surface area contributed by atoms with Crippen molar-refractivity contribution in [3.8, 4) is 0 Å². The van der Waals surface area contributed by atoms with Gasteiger partial charge in [0.15, 0.2) is 0 Å². The van der Waals surface area contributed by atoms with E-state index in [-0.39, 0.29) is 30.6 Å². The fourth-order valence-corrected chi connectivity index (χ4v) is 7.13. The summed E-state index contributed by atoms with van der Waals surface area (Å²) in [5.74, 6) is 0. The Morgan fingerprint density at radius 1 is 1.03 bits per heavy atom. The summed E-state index contributed by atoms with van der Waals surface area (Å²) in [5, 5.41) is 13.4. The molecule has 9 heteroatoms. The molecule has 1 aromatic heterocycles. The maximum absolute atomic E-state index is 13.6. The molecule has 5 rings (SSSR count). The van der Waals surface area contributed by atoms with Crippen LogP contribution in [0.25, 0.3) is 21.8 Å². The fraction of sp³-hybridized carbons (Fsp3) is 0.333. The predicted molar refractivity (Wildman–Crippen MR) is 150 cm³/mol. The third-order valence-electron chi connectivity index (χ3n) is 6.69. The Kier molecular flexibility index (Phi) is 7.59. The summed E-state index contributed by atoms with van der Waals surface area (Å²) in [4.78, 5) is 0.227. The van der Waals surface area contributed by atoms with Crippen molar-refractivity contribution in [3.63, 3.8) is 0 Å². The first-order valence-corrected chi connectivity index (χ1v) is 15.0. The van der Waals surface area contributed by atoms with Crippen LogP contribution in [-0.4, -0.2) is 54.3 Å². The quantitative estimate of drug-likeness (QED) is 0.263. The van der Waals surface area contributed by atoms with Gasteiger partial charge >= 0.3 is 0 Å². The maximum Gasteiger partial charge on any atom is 0.243 e. The number of hydrogen-bond donors (Lipinski definition) is 1. The minimum absolute atomic E-state index is 0.0235. The van der Waals surface area contributed by atoms with E-state index < -0.39 is 16.1 Å². The van der Waals surface area contributed by atoms with Crippen LogP contribution in [0, 0.1) is 6.92 Å². The second-order valence-corrected chi connectivity index (χ2v) is 13.1. The third-order valence-corrected chi connectivity index (χ3v) is 9.52. The van der Waals surface area contributed by atoms with Crippen molar-refractivity contribution >= 4 is 63.7 Å². The molecule has 4 aromatic rings. The van der Waals surface area contributed by atoms with Gasteiger partial charge in [-0.3, -0.25) is 0 Å². The first-order chi connectivity index (χ1) is 17.2. The van der Waals surface area contributed by atoms with Gasteiger partial charge in [-0.05, 0) is 68.3 Å². The Morgan fingerprint density at radius 2 is 1.64 bits per heavy atom. The number of aliphatic hydroxyl groups excluding tert-OH is 1. The first kappa shape index (κ1) is 25.9. The highest BCUT2D eigenvalue weighted by Crippen LogP contribution is 2.33. The van der Waals surface area contributed by atoms with E-state index in [4.69, 9.17) is 4.74 Å². The average molecular weight is 636 g/mol. The highest BCUT2D eigenvalue weighted by atomic mass is 79.9. The van der Waals surface area contributed by atoms with Gasteiger partial charge < -0.3 is 14.4 Å². The topological polar surface area (TPSA) is 71.8 Å². The molecule has 2 atom stereocenters. The van der Waals surface area contributed by atoms with Crippen molar-refractivity contribution in [1.29, 1.82) is 0 Å². The van der Waals surface area contributed by atoms with Crippen molar-refractivity contribution in [3.05, 3.63) is 75.2 Å². The second-order valence-electron chi connectivity index (χ2n) is 9.36. The molecule has 0 bridgehead atoms. The van der Waals surface area contributed by atoms with Crippen molar-refractivity contribution in [2.45, 2.75) is 43.4 Å². The molecule has 1 aliphatic heterocycles. The molecule has 6 nitrogen and oxygen atoms in total. The number of aromatic nitrogens is 1. The van der Waals surface area contributed by atoms with Gasteiger partial charge in [0.25, 0.3) is 0 Å². The molecule has 0 unspecified atom stereocenters. The van der Waals surface area contributed by atoms with E-state index in [9.17, 15) is 13.5 Å². The van der Waals surface area contributed by atoms with Crippen molar-refractivity contribution in [2.75, 3.05) is 19.7 Å². The van der Waals surface area contributed by atoms with E-state index >= 15 is 0 Å². The number of sulfonamides is 1. The molecule has 0 spiro atoms. The lowest BCUT2D eigenvalue weighted by molar-refractivity contribution is 0.0751. The predicted octanol–water partition coefficient (Wildman–Crippen LogP) is 5.86. The molecule has 190 valence electrons. The van der Waals surface area contributed by atoms with Crippen LogP contribution in [-0.2, 0) is 21.3 Å². The minimum atomic E-state index is -3.80. The van der Waals surface area contributed by atoms with Crippen LogP contribution in [0.3, 0.4) is 0 Å². The van der Waals surface area contributed by atoms with E-state index in [0.717, 1.165) is 49.2 Å². The van der Waals surface area contributed by atoms with E-state index in [1.54, 1.807) is 24.3 Å². The molecule has 36 heavy (non-hydrogen) atoms. The number of fused-ring (bicyclic) bond motifs is 3. The number of aliphatic hydroxyl groups is 1. The molecule has 0 amide bonds. The molecule has 0 aliphatic carbocycles.